The molecule has 1 amide bonds. The molecule has 0 aliphatic carbocycles. The molecule has 6 heteroatoms. The number of nitrogens with zero attached hydrogens (tertiary/aromatic N) is 1. The van der Waals surface area contributed by atoms with Gasteiger partial charge in [-0.15, -0.1) is 0 Å². The van der Waals surface area contributed by atoms with Crippen LogP contribution >= 0.6 is 12.2 Å². The van der Waals surface area contributed by atoms with Gasteiger partial charge < -0.3 is 15.1 Å². The number of rotatable bonds is 2. The third-order valence-corrected chi connectivity index (χ3v) is 3.89. The van der Waals surface area contributed by atoms with Crippen molar-refractivity contribution in [2.24, 2.45) is 0 Å². The minimum absolute atomic E-state index is 0.207. The number of aryl methyl sites for hydroxylation is 2. The van der Waals surface area contributed by atoms with Gasteiger partial charge in [0, 0.05) is 18.2 Å². The lowest BCUT2D eigenvalue weighted by Crippen LogP contribution is -2.32. The molecule has 0 atom stereocenters. The van der Waals surface area contributed by atoms with Crippen molar-refractivity contribution in [3.8, 4) is 11.5 Å². The summed E-state index contributed by atoms with van der Waals surface area (Å²) in [4.78, 5) is 15.5. The Morgan fingerprint density at radius 1 is 1.12 bits per heavy atom. The van der Waals surface area contributed by atoms with E-state index >= 15 is 0 Å². The summed E-state index contributed by atoms with van der Waals surface area (Å²) in [7, 11) is 0. The second-order valence-corrected chi connectivity index (χ2v) is 6.04. The molecule has 0 aliphatic heterocycles. The van der Waals surface area contributed by atoms with Gasteiger partial charge in [0.25, 0.3) is 0 Å². The minimum Gasteiger partial charge on any atom is -0.436 e. The molecule has 5 nitrogen and oxygen atoms in total. The summed E-state index contributed by atoms with van der Waals surface area (Å²) in [6.45, 7) is 5.52. The second-order valence-electron chi connectivity index (χ2n) is 5.64. The number of thiocarbonyl (C=S) groups is 1. The number of anilines is 1. The normalized spacial score (nSPS) is 10.6. The van der Waals surface area contributed by atoms with Crippen molar-refractivity contribution in [3.63, 3.8) is 0 Å². The molecule has 2 N–H and O–H groups in total. The third-order valence-electron chi connectivity index (χ3n) is 3.68. The Morgan fingerprint density at radius 3 is 2.46 bits per heavy atom. The van der Waals surface area contributed by atoms with Gasteiger partial charge in [0.2, 0.25) is 11.8 Å². The van der Waals surface area contributed by atoms with Crippen LogP contribution in [-0.4, -0.2) is 16.0 Å². The molecule has 122 valence electrons. The summed E-state index contributed by atoms with van der Waals surface area (Å²) in [6, 6.07) is 11.5. The Bertz CT molecular complexity index is 890. The number of benzene rings is 2. The van der Waals surface area contributed by atoms with Crippen molar-refractivity contribution in [2.45, 2.75) is 20.8 Å². The van der Waals surface area contributed by atoms with E-state index in [9.17, 15) is 4.79 Å². The number of oxazole rings is 1. The summed E-state index contributed by atoms with van der Waals surface area (Å²) in [6.07, 6.45) is 0. The van der Waals surface area contributed by atoms with E-state index in [0.717, 1.165) is 22.4 Å². The lowest BCUT2D eigenvalue weighted by Gasteiger charge is -2.07. The van der Waals surface area contributed by atoms with Crippen LogP contribution in [0.2, 0.25) is 0 Å². The number of carbonyl (C=O) groups excluding carboxylic acids is 1. The van der Waals surface area contributed by atoms with Crippen LogP contribution in [0.4, 0.5) is 5.69 Å². The highest BCUT2D eigenvalue weighted by molar-refractivity contribution is 7.80. The zero-order chi connectivity index (χ0) is 17.3. The zero-order valence-electron chi connectivity index (χ0n) is 13.6. The first-order valence-corrected chi connectivity index (χ1v) is 7.90. The highest BCUT2D eigenvalue weighted by Gasteiger charge is 2.10. The molecule has 0 radical (unpaired) electrons. The van der Waals surface area contributed by atoms with E-state index in [1.165, 1.54) is 18.1 Å². The predicted molar refractivity (Wildman–Crippen MR) is 99.0 cm³/mol. The Morgan fingerprint density at radius 2 is 1.79 bits per heavy atom. The fourth-order valence-electron chi connectivity index (χ4n) is 2.32. The Hall–Kier alpha value is -2.73. The van der Waals surface area contributed by atoms with Gasteiger partial charge in [0.15, 0.2) is 10.7 Å². The van der Waals surface area contributed by atoms with E-state index in [2.05, 4.69) is 29.5 Å². The molecule has 0 unspecified atom stereocenters. The first kappa shape index (κ1) is 16.1. The van der Waals surface area contributed by atoms with E-state index in [1.807, 2.05) is 36.4 Å². The molecule has 0 fully saturated rings. The fraction of sp³-hybridized carbons (Fsp3) is 0.167. The van der Waals surface area contributed by atoms with Gasteiger partial charge in [-0.1, -0.05) is 0 Å². The molecule has 1 heterocycles. The molecule has 0 spiro atoms. The SMILES string of the molecule is CC(=O)NC(=S)Nc1ccc(-c2nc3cc(C)c(C)cc3o2)cc1. The van der Waals surface area contributed by atoms with Gasteiger partial charge >= 0.3 is 0 Å². The van der Waals surface area contributed by atoms with E-state index < -0.39 is 0 Å². The van der Waals surface area contributed by atoms with Gasteiger partial charge in [-0.25, -0.2) is 4.98 Å². The van der Waals surface area contributed by atoms with Gasteiger partial charge in [0.05, 0.1) is 0 Å². The van der Waals surface area contributed by atoms with Crippen LogP contribution in [0.5, 0.6) is 0 Å². The molecule has 24 heavy (non-hydrogen) atoms. The van der Waals surface area contributed by atoms with E-state index in [-0.39, 0.29) is 11.0 Å². The molecule has 0 saturated heterocycles. The molecule has 3 rings (SSSR count). The smallest absolute Gasteiger partial charge is 0.227 e. The zero-order valence-corrected chi connectivity index (χ0v) is 14.5. The Labute approximate surface area is 145 Å². The van der Waals surface area contributed by atoms with Crippen molar-refractivity contribution >= 4 is 40.0 Å². The summed E-state index contributed by atoms with van der Waals surface area (Å²) < 4.78 is 5.85. The van der Waals surface area contributed by atoms with Crippen molar-refractivity contribution in [1.82, 2.24) is 10.3 Å². The van der Waals surface area contributed by atoms with Crippen molar-refractivity contribution in [3.05, 3.63) is 47.5 Å². The monoisotopic (exact) mass is 339 g/mol. The highest BCUT2D eigenvalue weighted by Crippen LogP contribution is 2.27. The summed E-state index contributed by atoms with van der Waals surface area (Å²) >= 11 is 5.03. The molecular weight excluding hydrogens is 322 g/mol. The quantitative estimate of drug-likeness (QED) is 0.692. The summed E-state index contributed by atoms with van der Waals surface area (Å²) in [5.41, 5.74) is 5.65. The average Bonchev–Trinajstić information content (AvgIpc) is 2.90. The standard InChI is InChI=1S/C18H17N3O2S/c1-10-8-15-16(9-11(10)2)23-17(21-15)13-4-6-14(7-5-13)20-18(24)19-12(3)22/h4-9H,1-3H3,(H2,19,20,22,24). The number of hydrogen-bond acceptors (Lipinski definition) is 4. The van der Waals surface area contributed by atoms with Gasteiger partial charge in [0.1, 0.15) is 5.52 Å². The van der Waals surface area contributed by atoms with E-state index in [0.29, 0.717) is 5.89 Å². The molecule has 1 aromatic heterocycles. The summed E-state index contributed by atoms with van der Waals surface area (Å²) in [5.74, 6) is 0.368. The van der Waals surface area contributed by atoms with Crippen LogP contribution < -0.4 is 10.6 Å². The first-order chi connectivity index (χ1) is 11.4. The van der Waals surface area contributed by atoms with Crippen molar-refractivity contribution in [2.75, 3.05) is 5.32 Å². The van der Waals surface area contributed by atoms with Gasteiger partial charge in [-0.3, -0.25) is 4.79 Å². The molecule has 2 aromatic carbocycles. The van der Waals surface area contributed by atoms with Crippen molar-refractivity contribution < 1.29 is 9.21 Å². The first-order valence-electron chi connectivity index (χ1n) is 7.49. The second kappa shape index (κ2) is 6.41. The average molecular weight is 339 g/mol. The number of aromatic nitrogens is 1. The highest BCUT2D eigenvalue weighted by atomic mass is 32.1. The van der Waals surface area contributed by atoms with Crippen LogP contribution in [-0.2, 0) is 4.79 Å². The number of nitrogens with one attached hydrogen (secondary N) is 2. The number of carbonyl (C=O) groups is 1. The maximum Gasteiger partial charge on any atom is 0.227 e. The number of hydrogen-bond donors (Lipinski definition) is 2. The van der Waals surface area contributed by atoms with Gasteiger partial charge in [-0.05, 0) is 73.6 Å². The maximum absolute atomic E-state index is 11.0. The Balaban J connectivity index is 1.83. The number of amides is 1. The Kier molecular flexibility index (Phi) is 4.31. The van der Waals surface area contributed by atoms with Crippen LogP contribution in [0.3, 0.4) is 0 Å². The molecule has 0 saturated carbocycles. The molecule has 0 bridgehead atoms. The predicted octanol–water partition coefficient (Wildman–Crippen LogP) is 3.94. The van der Waals surface area contributed by atoms with Crippen LogP contribution in [0, 0.1) is 13.8 Å². The lowest BCUT2D eigenvalue weighted by molar-refractivity contribution is -0.117. The van der Waals surface area contributed by atoms with Crippen LogP contribution in [0.1, 0.15) is 18.1 Å². The third kappa shape index (κ3) is 3.44. The fourth-order valence-corrected chi connectivity index (χ4v) is 2.58. The minimum atomic E-state index is -0.207. The van der Waals surface area contributed by atoms with Crippen molar-refractivity contribution in [1.29, 1.82) is 0 Å². The van der Waals surface area contributed by atoms with Gasteiger partial charge in [-0.2, -0.15) is 0 Å². The van der Waals surface area contributed by atoms with Crippen LogP contribution in [0.25, 0.3) is 22.6 Å². The number of fused-ring (bicyclic) bond motifs is 1. The molecule has 3 aromatic rings. The topological polar surface area (TPSA) is 67.2 Å². The summed E-state index contributed by atoms with van der Waals surface area (Å²) in [5, 5.41) is 5.73. The van der Waals surface area contributed by atoms with E-state index in [4.69, 9.17) is 16.6 Å². The lowest BCUT2D eigenvalue weighted by atomic mass is 10.1. The largest absolute Gasteiger partial charge is 0.436 e. The maximum atomic E-state index is 11.0. The molecular formula is C18H17N3O2S. The molecule has 0 aliphatic rings. The van der Waals surface area contributed by atoms with E-state index in [1.54, 1.807) is 0 Å². The van der Waals surface area contributed by atoms with Crippen LogP contribution in [0.15, 0.2) is 40.8 Å².